The van der Waals surface area contributed by atoms with E-state index in [0.717, 1.165) is 0 Å². The van der Waals surface area contributed by atoms with Gasteiger partial charge in [0, 0.05) is 34.3 Å². The van der Waals surface area contributed by atoms with Gasteiger partial charge in [-0.1, -0.05) is 33.2 Å². The maximum atomic E-state index is 9.60. The lowest BCUT2D eigenvalue weighted by Gasteiger charge is -2.32. The van der Waals surface area contributed by atoms with E-state index in [-0.39, 0.29) is 54.6 Å². The first-order valence-electron chi connectivity index (χ1n) is 9.72. The van der Waals surface area contributed by atoms with E-state index in [0.29, 0.717) is 0 Å². The Kier molecular flexibility index (Phi) is 28.5. The van der Waals surface area contributed by atoms with E-state index in [4.69, 9.17) is 40.9 Å². The second kappa shape index (κ2) is 23.8. The Labute approximate surface area is 205 Å². The van der Waals surface area contributed by atoms with Gasteiger partial charge < -0.3 is 40.9 Å². The summed E-state index contributed by atoms with van der Waals surface area (Å²) in [6.45, 7) is 19.0. The van der Waals surface area contributed by atoms with Gasteiger partial charge in [0.05, 0.1) is 19.8 Å². The summed E-state index contributed by atoms with van der Waals surface area (Å²) in [5.74, 6) is -4.04. The van der Waals surface area contributed by atoms with Gasteiger partial charge in [-0.3, -0.25) is 0 Å². The lowest BCUT2D eigenvalue weighted by molar-refractivity contribution is -0.133. The molecular formula is C23H40O12. The summed E-state index contributed by atoms with van der Waals surface area (Å²) in [6, 6.07) is 0. The van der Waals surface area contributed by atoms with Crippen molar-refractivity contribution in [2.75, 3.05) is 26.4 Å². The molecule has 0 aliphatic heterocycles. The molecule has 0 saturated carbocycles. The number of hydrogen-bond donors (Lipinski definition) is 8. The van der Waals surface area contributed by atoms with Gasteiger partial charge in [-0.2, -0.15) is 0 Å². The van der Waals surface area contributed by atoms with Crippen LogP contribution in [0.2, 0.25) is 0 Å². The molecule has 0 aromatic rings. The Morgan fingerprint density at radius 2 is 0.714 bits per heavy atom. The van der Waals surface area contributed by atoms with Crippen molar-refractivity contribution in [1.29, 1.82) is 0 Å². The summed E-state index contributed by atoms with van der Waals surface area (Å²) in [4.78, 5) is 38.4. The van der Waals surface area contributed by atoms with Gasteiger partial charge in [0.1, 0.15) is 0 Å². The third-order valence-electron chi connectivity index (χ3n) is 3.72. The summed E-state index contributed by atoms with van der Waals surface area (Å²) in [5.41, 5.74) is -0.246. The van der Waals surface area contributed by atoms with Gasteiger partial charge in [-0.25, -0.2) is 19.2 Å². The minimum absolute atomic E-state index is 0.151. The lowest BCUT2D eigenvalue weighted by Crippen LogP contribution is -2.41. The molecule has 0 bridgehead atoms. The Bertz CT molecular complexity index is 566. The molecule has 1 atom stereocenters. The fourth-order valence-electron chi connectivity index (χ4n) is 0.811. The second-order valence-corrected chi connectivity index (χ2v) is 7.26. The molecule has 35 heavy (non-hydrogen) atoms. The average Bonchev–Trinajstić information content (AvgIpc) is 2.76. The van der Waals surface area contributed by atoms with Crippen molar-refractivity contribution in [3.05, 3.63) is 48.6 Å². The van der Waals surface area contributed by atoms with Crippen LogP contribution in [-0.2, 0) is 19.2 Å². The van der Waals surface area contributed by atoms with Crippen LogP contribution in [0.15, 0.2) is 48.6 Å². The number of carbonyl (C=O) groups is 4. The van der Waals surface area contributed by atoms with Gasteiger partial charge in [0.25, 0.3) is 0 Å². The van der Waals surface area contributed by atoms with Gasteiger partial charge in [0.2, 0.25) is 0 Å². The fourth-order valence-corrected chi connectivity index (χ4v) is 0.811. The van der Waals surface area contributed by atoms with Crippen molar-refractivity contribution < 1.29 is 60.0 Å². The highest BCUT2D eigenvalue weighted by atomic mass is 16.4. The zero-order valence-electron chi connectivity index (χ0n) is 20.9. The first kappa shape index (κ1) is 41.9. The van der Waals surface area contributed by atoms with Crippen molar-refractivity contribution in [3.63, 3.8) is 0 Å². The molecule has 204 valence electrons. The summed E-state index contributed by atoms with van der Waals surface area (Å²) in [6.07, 6.45) is 0. The van der Waals surface area contributed by atoms with Crippen LogP contribution in [0.4, 0.5) is 0 Å². The highest BCUT2D eigenvalue weighted by Crippen LogP contribution is 2.25. The van der Waals surface area contributed by atoms with Crippen LogP contribution in [-0.4, -0.2) is 91.2 Å². The molecule has 12 heteroatoms. The predicted octanol–water partition coefficient (Wildman–Crippen LogP) is 1.17. The fraction of sp³-hybridized carbons (Fsp3) is 0.478. The monoisotopic (exact) mass is 508 g/mol. The molecule has 0 saturated heterocycles. The van der Waals surface area contributed by atoms with Crippen LogP contribution in [0.1, 0.15) is 34.6 Å². The Morgan fingerprint density at radius 1 is 0.571 bits per heavy atom. The zero-order valence-corrected chi connectivity index (χ0v) is 20.9. The first-order chi connectivity index (χ1) is 15.7. The molecule has 0 aliphatic carbocycles. The molecule has 0 radical (unpaired) electrons. The third-order valence-corrected chi connectivity index (χ3v) is 3.72. The minimum atomic E-state index is -0.950. The Morgan fingerprint density at radius 3 is 0.743 bits per heavy atom. The smallest absolute Gasteiger partial charge is 0.330 e. The second-order valence-electron chi connectivity index (χ2n) is 7.26. The average molecular weight is 509 g/mol. The normalized spacial score (nSPS) is 9.86. The molecule has 12 nitrogen and oxygen atoms in total. The highest BCUT2D eigenvalue weighted by Gasteiger charge is 2.34. The summed E-state index contributed by atoms with van der Waals surface area (Å²) in [7, 11) is 0. The van der Waals surface area contributed by atoms with Crippen LogP contribution in [0.3, 0.4) is 0 Å². The van der Waals surface area contributed by atoms with Gasteiger partial charge in [-0.05, 0) is 33.6 Å². The summed E-state index contributed by atoms with van der Waals surface area (Å²) in [5, 5.41) is 66.8. The van der Waals surface area contributed by atoms with E-state index in [9.17, 15) is 19.2 Å². The van der Waals surface area contributed by atoms with Gasteiger partial charge in [0.15, 0.2) is 0 Å². The van der Waals surface area contributed by atoms with Crippen molar-refractivity contribution in [3.8, 4) is 0 Å². The molecule has 0 amide bonds. The summed E-state index contributed by atoms with van der Waals surface area (Å²) >= 11 is 0. The number of carboxylic acids is 4. The molecule has 0 heterocycles. The standard InChI is InChI=1S/C7H16O4.4C4H6O2/c1-6(2-8)7(3-9,4-10)5-11;4*1-3(2)4(5)6/h6,8-11H,2-5H2,1H3;4*1H2,2H3,(H,5,6). The van der Waals surface area contributed by atoms with E-state index in [2.05, 4.69) is 26.3 Å². The first-order valence-corrected chi connectivity index (χ1v) is 9.72. The van der Waals surface area contributed by atoms with Crippen LogP contribution < -0.4 is 0 Å². The molecular weight excluding hydrogens is 468 g/mol. The van der Waals surface area contributed by atoms with Crippen molar-refractivity contribution in [2.45, 2.75) is 34.6 Å². The highest BCUT2D eigenvalue weighted by molar-refractivity contribution is 5.85. The number of aliphatic hydroxyl groups excluding tert-OH is 4. The maximum absolute atomic E-state index is 9.60. The Hall–Kier alpha value is -3.32. The quantitative estimate of drug-likeness (QED) is 0.205. The topological polar surface area (TPSA) is 230 Å². The SMILES string of the molecule is C=C(C)C(=O)O.C=C(C)C(=O)O.C=C(C)C(=O)O.C=C(C)C(=O)O.CC(CO)C(CO)(CO)CO. The number of carboxylic acid groups (broad SMARTS) is 4. The van der Waals surface area contributed by atoms with Crippen LogP contribution in [0.5, 0.6) is 0 Å². The van der Waals surface area contributed by atoms with Crippen LogP contribution in [0, 0.1) is 11.3 Å². The maximum Gasteiger partial charge on any atom is 0.330 e. The van der Waals surface area contributed by atoms with E-state index in [1.54, 1.807) is 6.92 Å². The van der Waals surface area contributed by atoms with Crippen molar-refractivity contribution in [2.24, 2.45) is 11.3 Å². The molecule has 0 aliphatic rings. The molecule has 0 fully saturated rings. The molecule has 0 aromatic carbocycles. The zero-order chi connectivity index (χ0) is 29.5. The largest absolute Gasteiger partial charge is 0.478 e. The van der Waals surface area contributed by atoms with Crippen LogP contribution >= 0.6 is 0 Å². The minimum Gasteiger partial charge on any atom is -0.478 e. The van der Waals surface area contributed by atoms with Gasteiger partial charge in [-0.15, -0.1) is 0 Å². The number of aliphatic carboxylic acids is 4. The molecule has 0 spiro atoms. The Balaban J connectivity index is -0.000000111. The van der Waals surface area contributed by atoms with E-state index >= 15 is 0 Å². The number of rotatable bonds is 9. The lowest BCUT2D eigenvalue weighted by atomic mass is 9.79. The number of aliphatic hydroxyl groups is 4. The summed E-state index contributed by atoms with van der Waals surface area (Å²) < 4.78 is 0. The molecule has 0 rings (SSSR count). The van der Waals surface area contributed by atoms with E-state index in [1.807, 2.05) is 0 Å². The molecule has 8 N–H and O–H groups in total. The third kappa shape index (κ3) is 28.6. The number of hydrogen-bond acceptors (Lipinski definition) is 8. The van der Waals surface area contributed by atoms with Crippen molar-refractivity contribution in [1.82, 2.24) is 0 Å². The van der Waals surface area contributed by atoms with Gasteiger partial charge >= 0.3 is 23.9 Å². The van der Waals surface area contributed by atoms with E-state index < -0.39 is 29.3 Å². The predicted molar refractivity (Wildman–Crippen MR) is 130 cm³/mol. The van der Waals surface area contributed by atoms with E-state index in [1.165, 1.54) is 27.7 Å². The van der Waals surface area contributed by atoms with Crippen molar-refractivity contribution >= 4 is 23.9 Å². The van der Waals surface area contributed by atoms with Crippen LogP contribution in [0.25, 0.3) is 0 Å². The molecule has 1 unspecified atom stereocenters. The molecule has 0 aromatic heterocycles.